The number of ether oxygens (including phenoxy) is 4. The van der Waals surface area contributed by atoms with Crippen molar-refractivity contribution in [1.82, 2.24) is 9.97 Å². The summed E-state index contributed by atoms with van der Waals surface area (Å²) in [6, 6.07) is 12.2. The van der Waals surface area contributed by atoms with Gasteiger partial charge in [-0.1, -0.05) is 0 Å². The van der Waals surface area contributed by atoms with Crippen LogP contribution in [-0.4, -0.2) is 60.7 Å². The Hall–Kier alpha value is -4.71. The molecule has 0 radical (unpaired) electrons. The van der Waals surface area contributed by atoms with E-state index in [-0.39, 0.29) is 27.6 Å². The summed E-state index contributed by atoms with van der Waals surface area (Å²) in [5.74, 6) is -1.44. The van der Waals surface area contributed by atoms with E-state index in [9.17, 15) is 19.2 Å². The van der Waals surface area contributed by atoms with Gasteiger partial charge in [-0.2, -0.15) is 0 Å². The largest absolute Gasteiger partial charge is 0.497 e. The topological polar surface area (TPSA) is 146 Å². The van der Waals surface area contributed by atoms with Crippen molar-refractivity contribution >= 4 is 51.2 Å². The molecule has 2 aromatic heterocycles. The van der Waals surface area contributed by atoms with E-state index in [0.29, 0.717) is 22.4 Å². The predicted molar refractivity (Wildman–Crippen MR) is 148 cm³/mol. The van der Waals surface area contributed by atoms with E-state index < -0.39 is 29.9 Å². The van der Waals surface area contributed by atoms with E-state index >= 15 is 0 Å². The molecule has 4 aromatic rings. The van der Waals surface area contributed by atoms with Crippen LogP contribution >= 0.6 is 11.3 Å². The van der Waals surface area contributed by atoms with Gasteiger partial charge in [0.2, 0.25) is 0 Å². The third-order valence-corrected chi connectivity index (χ3v) is 7.16. The smallest absolute Gasteiger partial charge is 0.348 e. The van der Waals surface area contributed by atoms with Gasteiger partial charge in [0.15, 0.2) is 6.10 Å². The molecule has 2 aromatic carbocycles. The molecular weight excluding hydrogens is 538 g/mol. The second-order valence-corrected chi connectivity index (χ2v) is 9.58. The van der Waals surface area contributed by atoms with Crippen LogP contribution in [0.4, 0.5) is 5.00 Å². The van der Waals surface area contributed by atoms with Crippen LogP contribution in [0.25, 0.3) is 22.4 Å². The van der Waals surface area contributed by atoms with Crippen molar-refractivity contribution in [3.8, 4) is 17.1 Å². The van der Waals surface area contributed by atoms with Crippen molar-refractivity contribution in [2.75, 3.05) is 26.1 Å². The number of imidazole rings is 1. The molecule has 0 bridgehead atoms. The highest BCUT2D eigenvalue weighted by molar-refractivity contribution is 7.18. The zero-order valence-corrected chi connectivity index (χ0v) is 23.3. The van der Waals surface area contributed by atoms with Crippen molar-refractivity contribution in [2.24, 2.45) is 0 Å². The lowest BCUT2D eigenvalue weighted by Gasteiger charge is -2.13. The molecule has 0 fully saturated rings. The Kier molecular flexibility index (Phi) is 8.49. The number of hydrogen-bond acceptors (Lipinski definition) is 10. The maximum absolute atomic E-state index is 12.9. The minimum atomic E-state index is -1.22. The number of nitrogens with zero attached hydrogens (tertiary/aromatic N) is 1. The predicted octanol–water partition coefficient (Wildman–Crippen LogP) is 4.76. The van der Waals surface area contributed by atoms with Crippen molar-refractivity contribution in [1.29, 1.82) is 0 Å². The van der Waals surface area contributed by atoms with Gasteiger partial charge < -0.3 is 29.2 Å². The maximum Gasteiger partial charge on any atom is 0.348 e. The molecule has 1 amide bonds. The molecule has 12 heteroatoms. The van der Waals surface area contributed by atoms with Gasteiger partial charge in [0.1, 0.15) is 21.5 Å². The van der Waals surface area contributed by atoms with Crippen molar-refractivity contribution in [3.05, 3.63) is 64.0 Å². The lowest BCUT2D eigenvalue weighted by atomic mass is 10.1. The summed E-state index contributed by atoms with van der Waals surface area (Å²) in [5.41, 5.74) is 2.66. The number of aromatic amines is 1. The van der Waals surface area contributed by atoms with Crippen molar-refractivity contribution < 1.29 is 38.1 Å². The molecule has 0 saturated carbocycles. The third kappa shape index (κ3) is 5.81. The number of rotatable bonds is 9. The molecule has 1 unspecified atom stereocenters. The van der Waals surface area contributed by atoms with Gasteiger partial charge in [0, 0.05) is 5.56 Å². The second-order valence-electron chi connectivity index (χ2n) is 8.55. The lowest BCUT2D eigenvalue weighted by Crippen LogP contribution is -2.30. The Morgan fingerprint density at radius 3 is 2.40 bits per heavy atom. The van der Waals surface area contributed by atoms with E-state index in [0.717, 1.165) is 22.6 Å². The average molecular weight is 566 g/mol. The average Bonchev–Trinajstić information content (AvgIpc) is 3.53. The molecule has 4 rings (SSSR count). The van der Waals surface area contributed by atoms with E-state index in [1.54, 1.807) is 39.2 Å². The maximum atomic E-state index is 12.9. The number of methoxy groups -OCH3 is 2. The van der Waals surface area contributed by atoms with Crippen LogP contribution < -0.4 is 10.1 Å². The number of esters is 3. The Balaban J connectivity index is 1.49. The van der Waals surface area contributed by atoms with E-state index in [1.165, 1.54) is 14.0 Å². The summed E-state index contributed by atoms with van der Waals surface area (Å²) >= 11 is 0.877. The zero-order valence-electron chi connectivity index (χ0n) is 22.4. The van der Waals surface area contributed by atoms with Crippen LogP contribution in [0.5, 0.6) is 5.75 Å². The number of fused-ring (bicyclic) bond motifs is 1. The minimum Gasteiger partial charge on any atom is -0.497 e. The molecular formula is C28H27N3O8S. The number of anilines is 1. The van der Waals surface area contributed by atoms with Crippen molar-refractivity contribution in [3.63, 3.8) is 0 Å². The van der Waals surface area contributed by atoms with E-state index in [1.807, 2.05) is 24.3 Å². The SMILES string of the molecule is CCOC(=O)c1sc(NC(=O)C(C)OC(=O)c2ccc3nc(-c4ccc(OC)cc4)[nH]c3c2)c(C(=O)OC)c1C. The molecule has 2 heterocycles. The number of hydrogen-bond donors (Lipinski definition) is 2. The van der Waals surface area contributed by atoms with Gasteiger partial charge in [-0.05, 0) is 68.8 Å². The first-order valence-electron chi connectivity index (χ1n) is 12.2. The first-order valence-corrected chi connectivity index (χ1v) is 13.0. The Morgan fingerprint density at radius 2 is 1.75 bits per heavy atom. The molecule has 208 valence electrons. The summed E-state index contributed by atoms with van der Waals surface area (Å²) in [7, 11) is 2.78. The third-order valence-electron chi connectivity index (χ3n) is 5.97. The Labute approximate surface area is 233 Å². The first-order chi connectivity index (χ1) is 19.2. The van der Waals surface area contributed by atoms with Crippen LogP contribution in [0.1, 0.15) is 49.8 Å². The van der Waals surface area contributed by atoms with Gasteiger partial charge >= 0.3 is 17.9 Å². The summed E-state index contributed by atoms with van der Waals surface area (Å²) in [4.78, 5) is 58.3. The van der Waals surface area contributed by atoms with E-state index in [2.05, 4.69) is 15.3 Å². The second kappa shape index (κ2) is 12.0. The summed E-state index contributed by atoms with van der Waals surface area (Å²) in [6.45, 7) is 4.75. The van der Waals surface area contributed by atoms with Crippen LogP contribution in [0, 0.1) is 6.92 Å². The summed E-state index contributed by atoms with van der Waals surface area (Å²) in [5, 5.41) is 2.66. The number of carbonyl (C=O) groups excluding carboxylic acids is 4. The van der Waals surface area contributed by atoms with Gasteiger partial charge in [-0.25, -0.2) is 19.4 Å². The van der Waals surface area contributed by atoms with Gasteiger partial charge in [0.05, 0.1) is 43.0 Å². The normalized spacial score (nSPS) is 11.5. The fourth-order valence-corrected chi connectivity index (χ4v) is 4.95. The highest BCUT2D eigenvalue weighted by atomic mass is 32.1. The number of H-pyrrole nitrogens is 1. The fraction of sp³-hybridized carbons (Fsp3) is 0.250. The van der Waals surface area contributed by atoms with Crippen LogP contribution in [0.3, 0.4) is 0 Å². The molecule has 0 aliphatic heterocycles. The number of amides is 1. The molecule has 1 atom stereocenters. The first kappa shape index (κ1) is 28.3. The number of nitrogens with one attached hydrogen (secondary N) is 2. The standard InChI is InChI=1S/C28H27N3O8S/c1-6-38-28(35)22-14(2)21(27(34)37-5)25(40-22)31-24(32)15(3)39-26(33)17-9-12-19-20(13-17)30-23(29-19)16-7-10-18(36-4)11-8-16/h7-13,15H,6H2,1-5H3,(H,29,30)(H,31,32). The molecule has 40 heavy (non-hydrogen) atoms. The molecule has 0 aliphatic rings. The summed E-state index contributed by atoms with van der Waals surface area (Å²) < 4.78 is 20.4. The van der Waals surface area contributed by atoms with Gasteiger partial charge in [-0.3, -0.25) is 4.79 Å². The lowest BCUT2D eigenvalue weighted by molar-refractivity contribution is -0.123. The Bertz CT molecular complexity index is 1590. The number of thiophene rings is 1. The zero-order chi connectivity index (χ0) is 29.0. The number of benzene rings is 2. The monoisotopic (exact) mass is 565 g/mol. The van der Waals surface area contributed by atoms with E-state index in [4.69, 9.17) is 18.9 Å². The fourth-order valence-electron chi connectivity index (χ4n) is 3.86. The van der Waals surface area contributed by atoms with Crippen molar-refractivity contribution in [2.45, 2.75) is 26.9 Å². The Morgan fingerprint density at radius 1 is 1.02 bits per heavy atom. The van der Waals surface area contributed by atoms with Crippen LogP contribution in [0.15, 0.2) is 42.5 Å². The quantitative estimate of drug-likeness (QED) is 0.217. The molecule has 11 nitrogen and oxygen atoms in total. The molecule has 0 aliphatic carbocycles. The van der Waals surface area contributed by atoms with Gasteiger partial charge in [0.25, 0.3) is 5.91 Å². The number of carbonyl (C=O) groups is 4. The van der Waals surface area contributed by atoms with Gasteiger partial charge in [-0.15, -0.1) is 11.3 Å². The van der Waals surface area contributed by atoms with Crippen LogP contribution in [-0.2, 0) is 19.0 Å². The molecule has 2 N–H and O–H groups in total. The molecule has 0 saturated heterocycles. The molecule has 0 spiro atoms. The highest BCUT2D eigenvalue weighted by Gasteiger charge is 2.29. The summed E-state index contributed by atoms with van der Waals surface area (Å²) in [6.07, 6.45) is -1.22. The number of aromatic nitrogens is 2. The minimum absolute atomic E-state index is 0.0276. The van der Waals surface area contributed by atoms with Crippen LogP contribution in [0.2, 0.25) is 0 Å². The highest BCUT2D eigenvalue weighted by Crippen LogP contribution is 2.34.